The van der Waals surface area contributed by atoms with E-state index in [9.17, 15) is 0 Å². The zero-order chi connectivity index (χ0) is 13.9. The Labute approximate surface area is 126 Å². The number of rotatable bonds is 10. The second kappa shape index (κ2) is 10.6. The van der Waals surface area contributed by atoms with Crippen molar-refractivity contribution in [1.82, 2.24) is 5.32 Å². The third-order valence-corrected chi connectivity index (χ3v) is 4.27. The SMILES string of the molecule is CCCCCSc1ccc(CNCCOC)c(Cl)c1. The molecule has 0 heterocycles. The van der Waals surface area contributed by atoms with E-state index in [2.05, 4.69) is 30.4 Å². The molecule has 0 saturated carbocycles. The first-order chi connectivity index (χ1) is 9.27. The third kappa shape index (κ3) is 7.21. The summed E-state index contributed by atoms with van der Waals surface area (Å²) in [5, 5.41) is 4.16. The van der Waals surface area contributed by atoms with Gasteiger partial charge in [-0.05, 0) is 29.9 Å². The van der Waals surface area contributed by atoms with Crippen molar-refractivity contribution in [3.8, 4) is 0 Å². The Morgan fingerprint density at radius 1 is 1.32 bits per heavy atom. The number of benzene rings is 1. The van der Waals surface area contributed by atoms with Gasteiger partial charge in [-0.3, -0.25) is 0 Å². The van der Waals surface area contributed by atoms with E-state index in [0.717, 1.165) is 30.3 Å². The van der Waals surface area contributed by atoms with Crippen LogP contribution in [0, 0.1) is 0 Å². The highest BCUT2D eigenvalue weighted by Crippen LogP contribution is 2.25. The molecule has 2 nitrogen and oxygen atoms in total. The smallest absolute Gasteiger partial charge is 0.0587 e. The standard InChI is InChI=1S/C15H24ClNOS/c1-3-4-5-10-19-14-7-6-13(15(16)11-14)12-17-8-9-18-2/h6-7,11,17H,3-5,8-10,12H2,1-2H3. The van der Waals surface area contributed by atoms with Crippen molar-refractivity contribution in [2.75, 3.05) is 26.0 Å². The molecule has 0 fully saturated rings. The molecule has 0 amide bonds. The number of hydrogen-bond acceptors (Lipinski definition) is 3. The highest BCUT2D eigenvalue weighted by atomic mass is 35.5. The number of methoxy groups -OCH3 is 1. The monoisotopic (exact) mass is 301 g/mol. The van der Waals surface area contributed by atoms with E-state index in [0.29, 0.717) is 0 Å². The molecular weight excluding hydrogens is 278 g/mol. The fourth-order valence-corrected chi connectivity index (χ4v) is 2.96. The highest BCUT2D eigenvalue weighted by Gasteiger charge is 2.02. The maximum atomic E-state index is 6.30. The van der Waals surface area contributed by atoms with Crippen LogP contribution < -0.4 is 5.32 Å². The Morgan fingerprint density at radius 3 is 2.84 bits per heavy atom. The molecule has 0 atom stereocenters. The summed E-state index contributed by atoms with van der Waals surface area (Å²) >= 11 is 8.19. The normalized spacial score (nSPS) is 10.9. The summed E-state index contributed by atoms with van der Waals surface area (Å²) in [4.78, 5) is 1.27. The van der Waals surface area contributed by atoms with Gasteiger partial charge in [-0.2, -0.15) is 0 Å². The topological polar surface area (TPSA) is 21.3 Å². The average Bonchev–Trinajstić information content (AvgIpc) is 2.42. The van der Waals surface area contributed by atoms with E-state index < -0.39 is 0 Å². The molecule has 1 rings (SSSR count). The van der Waals surface area contributed by atoms with Gasteiger partial charge in [0.25, 0.3) is 0 Å². The van der Waals surface area contributed by atoms with Crippen molar-refractivity contribution in [3.63, 3.8) is 0 Å². The van der Waals surface area contributed by atoms with Gasteiger partial charge < -0.3 is 10.1 Å². The third-order valence-electron chi connectivity index (χ3n) is 2.84. The largest absolute Gasteiger partial charge is 0.383 e. The minimum Gasteiger partial charge on any atom is -0.383 e. The minimum atomic E-state index is 0.725. The summed E-state index contributed by atoms with van der Waals surface area (Å²) in [6.07, 6.45) is 3.86. The first-order valence-corrected chi connectivity index (χ1v) is 8.25. The van der Waals surface area contributed by atoms with E-state index in [4.69, 9.17) is 16.3 Å². The van der Waals surface area contributed by atoms with Gasteiger partial charge in [0.05, 0.1) is 6.61 Å². The first kappa shape index (κ1) is 16.8. The number of nitrogens with one attached hydrogen (secondary N) is 1. The average molecular weight is 302 g/mol. The van der Waals surface area contributed by atoms with Gasteiger partial charge in [-0.25, -0.2) is 0 Å². The van der Waals surface area contributed by atoms with Gasteiger partial charge in [-0.1, -0.05) is 37.4 Å². The molecule has 0 aliphatic heterocycles. The molecule has 19 heavy (non-hydrogen) atoms. The van der Waals surface area contributed by atoms with Gasteiger partial charge in [0.1, 0.15) is 0 Å². The molecule has 108 valence electrons. The second-order valence-corrected chi connectivity index (χ2v) is 6.05. The van der Waals surface area contributed by atoms with E-state index >= 15 is 0 Å². The molecule has 0 aromatic heterocycles. The van der Waals surface area contributed by atoms with Gasteiger partial charge in [-0.15, -0.1) is 11.8 Å². The maximum absolute atomic E-state index is 6.30. The number of unbranched alkanes of at least 4 members (excludes halogenated alkanes) is 2. The van der Waals surface area contributed by atoms with Crippen molar-refractivity contribution in [3.05, 3.63) is 28.8 Å². The Hall–Kier alpha value is -0.220. The van der Waals surface area contributed by atoms with E-state index in [1.54, 1.807) is 7.11 Å². The summed E-state index contributed by atoms with van der Waals surface area (Å²) in [6, 6.07) is 6.35. The van der Waals surface area contributed by atoms with Crippen LogP contribution in [0.3, 0.4) is 0 Å². The van der Waals surface area contributed by atoms with Gasteiger partial charge in [0.2, 0.25) is 0 Å². The number of thioether (sulfide) groups is 1. The van der Waals surface area contributed by atoms with Crippen LogP contribution in [0.1, 0.15) is 31.7 Å². The van der Waals surface area contributed by atoms with Crippen LogP contribution in [-0.4, -0.2) is 26.0 Å². The lowest BCUT2D eigenvalue weighted by molar-refractivity contribution is 0.199. The molecule has 1 aromatic rings. The van der Waals surface area contributed by atoms with E-state index in [1.165, 1.54) is 29.9 Å². The van der Waals surface area contributed by atoms with Gasteiger partial charge in [0.15, 0.2) is 0 Å². The predicted molar refractivity (Wildman–Crippen MR) is 85.3 cm³/mol. The molecule has 1 aromatic carbocycles. The quantitative estimate of drug-likeness (QED) is 0.512. The summed E-state index contributed by atoms with van der Waals surface area (Å²) in [5.74, 6) is 1.18. The number of hydrogen-bond donors (Lipinski definition) is 1. The van der Waals surface area contributed by atoms with Crippen LogP contribution in [-0.2, 0) is 11.3 Å². The Bertz CT molecular complexity index is 360. The van der Waals surface area contributed by atoms with Crippen molar-refractivity contribution >= 4 is 23.4 Å². The molecule has 0 unspecified atom stereocenters. The molecule has 0 bridgehead atoms. The lowest BCUT2D eigenvalue weighted by Gasteiger charge is -2.08. The zero-order valence-corrected chi connectivity index (χ0v) is 13.4. The minimum absolute atomic E-state index is 0.725. The van der Waals surface area contributed by atoms with Crippen LogP contribution >= 0.6 is 23.4 Å². The highest BCUT2D eigenvalue weighted by molar-refractivity contribution is 7.99. The second-order valence-electron chi connectivity index (χ2n) is 4.48. The van der Waals surface area contributed by atoms with Crippen LogP contribution in [0.15, 0.2) is 23.1 Å². The van der Waals surface area contributed by atoms with E-state index in [-0.39, 0.29) is 0 Å². The molecule has 4 heteroatoms. The molecule has 0 saturated heterocycles. The summed E-state index contributed by atoms with van der Waals surface area (Å²) in [6.45, 7) is 4.60. The fraction of sp³-hybridized carbons (Fsp3) is 0.600. The van der Waals surface area contributed by atoms with Crippen molar-refractivity contribution < 1.29 is 4.74 Å². The van der Waals surface area contributed by atoms with Crippen molar-refractivity contribution in [1.29, 1.82) is 0 Å². The summed E-state index contributed by atoms with van der Waals surface area (Å²) in [7, 11) is 1.71. The molecule has 0 radical (unpaired) electrons. The van der Waals surface area contributed by atoms with Crippen molar-refractivity contribution in [2.45, 2.75) is 37.6 Å². The number of ether oxygens (including phenoxy) is 1. The van der Waals surface area contributed by atoms with Crippen LogP contribution in [0.25, 0.3) is 0 Å². The van der Waals surface area contributed by atoms with Gasteiger partial charge >= 0.3 is 0 Å². The summed E-state index contributed by atoms with van der Waals surface area (Å²) < 4.78 is 4.99. The molecule has 0 aliphatic carbocycles. The summed E-state index contributed by atoms with van der Waals surface area (Å²) in [5.41, 5.74) is 1.15. The number of halogens is 1. The van der Waals surface area contributed by atoms with E-state index in [1.807, 2.05) is 11.8 Å². The van der Waals surface area contributed by atoms with Crippen LogP contribution in [0.4, 0.5) is 0 Å². The lowest BCUT2D eigenvalue weighted by atomic mass is 10.2. The van der Waals surface area contributed by atoms with Crippen LogP contribution in [0.2, 0.25) is 5.02 Å². The molecular formula is C15H24ClNOS. The van der Waals surface area contributed by atoms with Crippen molar-refractivity contribution in [2.24, 2.45) is 0 Å². The van der Waals surface area contributed by atoms with Gasteiger partial charge in [0, 0.05) is 30.1 Å². The lowest BCUT2D eigenvalue weighted by Crippen LogP contribution is -2.18. The molecule has 1 N–H and O–H groups in total. The molecule has 0 aliphatic rings. The predicted octanol–water partition coefficient (Wildman–Crippen LogP) is 4.36. The first-order valence-electron chi connectivity index (χ1n) is 6.88. The zero-order valence-electron chi connectivity index (χ0n) is 11.9. The molecule has 0 spiro atoms. The van der Waals surface area contributed by atoms with Crippen LogP contribution in [0.5, 0.6) is 0 Å². The maximum Gasteiger partial charge on any atom is 0.0587 e. The fourth-order valence-electron chi connectivity index (χ4n) is 1.70. The Kier molecular flexibility index (Phi) is 9.35. The Morgan fingerprint density at radius 2 is 2.16 bits per heavy atom. The Balaban J connectivity index is 2.36.